The standard InChI is InChI=1S/C19H19N5O2/c25-17-7-3-9-23(17)12-15-6-2-1-5-14(15)11-21-18(26)16-13-24-10-4-8-20-19(24)22-16/h1-2,4-6,8,10,13H,3,7,9,11-12H2,(H,21,26). The van der Waals surface area contributed by atoms with Crippen LogP contribution in [0.5, 0.6) is 0 Å². The van der Waals surface area contributed by atoms with Gasteiger partial charge < -0.3 is 10.2 Å². The van der Waals surface area contributed by atoms with E-state index in [2.05, 4.69) is 15.3 Å². The van der Waals surface area contributed by atoms with Crippen LogP contribution in [-0.2, 0) is 17.9 Å². The van der Waals surface area contributed by atoms with Gasteiger partial charge in [-0.3, -0.25) is 14.0 Å². The van der Waals surface area contributed by atoms with Gasteiger partial charge in [0.1, 0.15) is 5.69 Å². The number of carbonyl (C=O) groups is 2. The molecule has 3 heterocycles. The number of hydrogen-bond donors (Lipinski definition) is 1. The molecule has 3 aromatic rings. The number of amides is 2. The Morgan fingerprint density at radius 2 is 2.04 bits per heavy atom. The molecule has 1 aliphatic rings. The second kappa shape index (κ2) is 6.95. The monoisotopic (exact) mass is 349 g/mol. The maximum absolute atomic E-state index is 12.4. The third-order valence-electron chi connectivity index (χ3n) is 4.56. The van der Waals surface area contributed by atoms with Crippen LogP contribution in [0.25, 0.3) is 5.78 Å². The largest absolute Gasteiger partial charge is 0.347 e. The first-order valence-electron chi connectivity index (χ1n) is 8.63. The van der Waals surface area contributed by atoms with Crippen molar-refractivity contribution in [2.75, 3.05) is 6.54 Å². The van der Waals surface area contributed by atoms with E-state index in [1.807, 2.05) is 29.2 Å². The maximum atomic E-state index is 12.4. The number of hydrogen-bond acceptors (Lipinski definition) is 4. The quantitative estimate of drug-likeness (QED) is 0.761. The normalized spacial score (nSPS) is 14.2. The highest BCUT2D eigenvalue weighted by atomic mass is 16.2. The Hall–Kier alpha value is -3.22. The van der Waals surface area contributed by atoms with Crippen LogP contribution in [0.3, 0.4) is 0 Å². The molecule has 1 aromatic carbocycles. The first-order chi connectivity index (χ1) is 12.7. The highest BCUT2D eigenvalue weighted by molar-refractivity contribution is 5.92. The number of nitrogens with zero attached hydrogens (tertiary/aromatic N) is 4. The summed E-state index contributed by atoms with van der Waals surface area (Å²) in [6.07, 6.45) is 6.64. The van der Waals surface area contributed by atoms with Crippen molar-refractivity contribution < 1.29 is 9.59 Å². The van der Waals surface area contributed by atoms with E-state index < -0.39 is 0 Å². The van der Waals surface area contributed by atoms with Gasteiger partial charge >= 0.3 is 0 Å². The number of benzene rings is 1. The SMILES string of the molecule is O=C(NCc1ccccc1CN1CCCC1=O)c1cn2cccnc2n1. The number of carbonyl (C=O) groups excluding carboxylic acids is 2. The molecule has 2 amide bonds. The molecule has 1 saturated heterocycles. The van der Waals surface area contributed by atoms with Gasteiger partial charge in [0.15, 0.2) is 0 Å². The number of fused-ring (bicyclic) bond motifs is 1. The zero-order valence-electron chi connectivity index (χ0n) is 14.3. The van der Waals surface area contributed by atoms with E-state index in [-0.39, 0.29) is 11.8 Å². The van der Waals surface area contributed by atoms with Gasteiger partial charge in [-0.15, -0.1) is 0 Å². The third kappa shape index (κ3) is 3.28. The van der Waals surface area contributed by atoms with Gasteiger partial charge in [-0.1, -0.05) is 24.3 Å². The lowest BCUT2D eigenvalue weighted by Crippen LogP contribution is -2.27. The first-order valence-corrected chi connectivity index (χ1v) is 8.63. The van der Waals surface area contributed by atoms with E-state index in [4.69, 9.17) is 0 Å². The molecular formula is C19H19N5O2. The number of imidazole rings is 1. The van der Waals surface area contributed by atoms with Crippen molar-refractivity contribution in [2.45, 2.75) is 25.9 Å². The summed E-state index contributed by atoms with van der Waals surface area (Å²) in [4.78, 5) is 34.5. The van der Waals surface area contributed by atoms with Gasteiger partial charge in [-0.05, 0) is 23.6 Å². The first kappa shape index (κ1) is 16.3. The summed E-state index contributed by atoms with van der Waals surface area (Å²) in [5, 5.41) is 2.91. The Labute approximate surface area is 150 Å². The Morgan fingerprint density at radius 3 is 2.81 bits per heavy atom. The van der Waals surface area contributed by atoms with E-state index in [9.17, 15) is 9.59 Å². The highest BCUT2D eigenvalue weighted by Crippen LogP contribution is 2.17. The summed E-state index contributed by atoms with van der Waals surface area (Å²) in [6, 6.07) is 9.65. The Kier molecular flexibility index (Phi) is 4.35. The molecule has 1 aliphatic heterocycles. The molecule has 2 aromatic heterocycles. The van der Waals surface area contributed by atoms with E-state index in [1.165, 1.54) is 0 Å². The minimum absolute atomic E-state index is 0.195. The highest BCUT2D eigenvalue weighted by Gasteiger charge is 2.21. The topological polar surface area (TPSA) is 79.6 Å². The zero-order valence-corrected chi connectivity index (χ0v) is 14.3. The summed E-state index contributed by atoms with van der Waals surface area (Å²) in [5.41, 5.74) is 2.39. The lowest BCUT2D eigenvalue weighted by atomic mass is 10.1. The molecule has 0 atom stereocenters. The van der Waals surface area contributed by atoms with Crippen LogP contribution in [0.15, 0.2) is 48.9 Å². The lowest BCUT2D eigenvalue weighted by Gasteiger charge is -2.18. The predicted molar refractivity (Wildman–Crippen MR) is 95.3 cm³/mol. The van der Waals surface area contributed by atoms with Gasteiger partial charge in [0.05, 0.1) is 0 Å². The maximum Gasteiger partial charge on any atom is 0.271 e. The Bertz CT molecular complexity index is 932. The molecule has 4 rings (SSSR count). The van der Waals surface area contributed by atoms with Crippen LogP contribution in [0, 0.1) is 0 Å². The van der Waals surface area contributed by atoms with Gasteiger partial charge in [0.2, 0.25) is 11.7 Å². The smallest absolute Gasteiger partial charge is 0.271 e. The van der Waals surface area contributed by atoms with Crippen LogP contribution >= 0.6 is 0 Å². The molecule has 0 unspecified atom stereocenters. The minimum Gasteiger partial charge on any atom is -0.347 e. The fourth-order valence-corrected chi connectivity index (χ4v) is 3.17. The molecule has 26 heavy (non-hydrogen) atoms. The number of nitrogens with one attached hydrogen (secondary N) is 1. The molecule has 132 valence electrons. The van der Waals surface area contributed by atoms with Gasteiger partial charge in [0, 0.05) is 44.6 Å². The molecule has 0 radical (unpaired) electrons. The molecular weight excluding hydrogens is 330 g/mol. The molecule has 0 spiro atoms. The lowest BCUT2D eigenvalue weighted by molar-refractivity contribution is -0.128. The second-order valence-corrected chi connectivity index (χ2v) is 6.32. The molecule has 0 saturated carbocycles. The minimum atomic E-state index is -0.248. The van der Waals surface area contributed by atoms with Gasteiger partial charge in [-0.2, -0.15) is 0 Å². The predicted octanol–water partition coefficient (Wildman–Crippen LogP) is 1.78. The van der Waals surface area contributed by atoms with Crippen molar-refractivity contribution in [1.29, 1.82) is 0 Å². The molecule has 1 N–H and O–H groups in total. The summed E-state index contributed by atoms with van der Waals surface area (Å²) in [7, 11) is 0. The molecule has 0 bridgehead atoms. The van der Waals surface area contributed by atoms with Crippen molar-refractivity contribution in [3.05, 3.63) is 65.7 Å². The number of aromatic nitrogens is 3. The average molecular weight is 349 g/mol. The fraction of sp³-hybridized carbons (Fsp3) is 0.263. The summed E-state index contributed by atoms with van der Waals surface area (Å²) < 4.78 is 1.71. The van der Waals surface area contributed by atoms with Crippen molar-refractivity contribution >= 4 is 17.6 Å². The van der Waals surface area contributed by atoms with Crippen LogP contribution < -0.4 is 5.32 Å². The van der Waals surface area contributed by atoms with Crippen LogP contribution in [0.2, 0.25) is 0 Å². The second-order valence-electron chi connectivity index (χ2n) is 6.32. The molecule has 0 aliphatic carbocycles. The average Bonchev–Trinajstić information content (AvgIpc) is 3.27. The Morgan fingerprint density at radius 1 is 1.19 bits per heavy atom. The van der Waals surface area contributed by atoms with Gasteiger partial charge in [0.25, 0.3) is 5.91 Å². The zero-order chi connectivity index (χ0) is 17.9. The third-order valence-corrected chi connectivity index (χ3v) is 4.56. The number of likely N-dealkylation sites (tertiary alicyclic amines) is 1. The van der Waals surface area contributed by atoms with E-state index in [0.717, 1.165) is 24.1 Å². The molecule has 1 fully saturated rings. The summed E-state index contributed by atoms with van der Waals surface area (Å²) >= 11 is 0. The van der Waals surface area contributed by atoms with Crippen LogP contribution in [-0.4, -0.2) is 37.6 Å². The summed E-state index contributed by atoms with van der Waals surface area (Å²) in [5.74, 6) is 0.439. The van der Waals surface area contributed by atoms with Crippen molar-refractivity contribution in [1.82, 2.24) is 24.6 Å². The van der Waals surface area contributed by atoms with Crippen molar-refractivity contribution in [3.63, 3.8) is 0 Å². The van der Waals surface area contributed by atoms with Gasteiger partial charge in [-0.25, -0.2) is 9.97 Å². The summed E-state index contributed by atoms with van der Waals surface area (Å²) in [6.45, 7) is 1.77. The Balaban J connectivity index is 1.45. The number of rotatable bonds is 5. The van der Waals surface area contributed by atoms with Crippen molar-refractivity contribution in [2.24, 2.45) is 0 Å². The van der Waals surface area contributed by atoms with Crippen LogP contribution in [0.1, 0.15) is 34.5 Å². The van der Waals surface area contributed by atoms with E-state index >= 15 is 0 Å². The molecule has 7 heteroatoms. The fourth-order valence-electron chi connectivity index (χ4n) is 3.17. The van der Waals surface area contributed by atoms with Crippen LogP contribution in [0.4, 0.5) is 0 Å². The van der Waals surface area contributed by atoms with E-state index in [0.29, 0.717) is 31.0 Å². The van der Waals surface area contributed by atoms with E-state index in [1.54, 1.807) is 29.1 Å². The van der Waals surface area contributed by atoms with Crippen molar-refractivity contribution in [3.8, 4) is 0 Å². The molecule has 7 nitrogen and oxygen atoms in total.